The molecule has 1 amide bonds. The average Bonchev–Trinajstić information content (AvgIpc) is 3.13. The largest absolute Gasteiger partial charge is 0.325 e. The zero-order valence-corrected chi connectivity index (χ0v) is 14.1. The van der Waals surface area contributed by atoms with Crippen LogP contribution in [0.1, 0.15) is 29.3 Å². The number of carbonyl (C=O) groups is 1. The van der Waals surface area contributed by atoms with Crippen LogP contribution in [0.25, 0.3) is 0 Å². The first kappa shape index (κ1) is 15.5. The molecule has 1 fully saturated rings. The van der Waals surface area contributed by atoms with E-state index in [1.165, 1.54) is 4.88 Å². The van der Waals surface area contributed by atoms with Gasteiger partial charge in [0.15, 0.2) is 0 Å². The Kier molecular flexibility index (Phi) is 4.81. The molecule has 1 saturated heterocycles. The zero-order valence-electron chi connectivity index (χ0n) is 12.5. The summed E-state index contributed by atoms with van der Waals surface area (Å²) in [6, 6.07) is 10.2. The Balaban J connectivity index is 1.65. The predicted molar refractivity (Wildman–Crippen MR) is 92.7 cm³/mol. The Morgan fingerprint density at radius 2 is 2.32 bits per heavy atom. The van der Waals surface area contributed by atoms with E-state index in [4.69, 9.17) is 11.6 Å². The molecule has 0 radical (unpaired) electrons. The number of hydrogen-bond acceptors (Lipinski definition) is 3. The van der Waals surface area contributed by atoms with Crippen molar-refractivity contribution in [1.29, 1.82) is 0 Å². The van der Waals surface area contributed by atoms with Crippen molar-refractivity contribution in [2.45, 2.75) is 25.8 Å². The molecule has 0 aliphatic carbocycles. The highest BCUT2D eigenvalue weighted by Gasteiger charge is 2.28. The van der Waals surface area contributed by atoms with Crippen LogP contribution in [0.4, 0.5) is 5.69 Å². The molecule has 0 spiro atoms. The van der Waals surface area contributed by atoms with Gasteiger partial charge in [-0.3, -0.25) is 9.69 Å². The summed E-state index contributed by atoms with van der Waals surface area (Å²) in [6.45, 7) is 3.37. The van der Waals surface area contributed by atoms with Crippen LogP contribution in [0.3, 0.4) is 0 Å². The smallest absolute Gasteiger partial charge is 0.238 e. The van der Waals surface area contributed by atoms with Crippen molar-refractivity contribution >= 4 is 34.5 Å². The highest BCUT2D eigenvalue weighted by molar-refractivity contribution is 7.10. The van der Waals surface area contributed by atoms with Crippen LogP contribution in [-0.2, 0) is 4.79 Å². The summed E-state index contributed by atoms with van der Waals surface area (Å²) in [5.74, 6) is 0.0221. The molecule has 3 nitrogen and oxygen atoms in total. The van der Waals surface area contributed by atoms with Gasteiger partial charge in [0.2, 0.25) is 5.91 Å². The number of likely N-dealkylation sites (tertiary alicyclic amines) is 1. The molecule has 2 aromatic rings. The fourth-order valence-corrected chi connectivity index (χ4v) is 3.99. The maximum absolute atomic E-state index is 12.4. The number of amides is 1. The highest BCUT2D eigenvalue weighted by Crippen LogP contribution is 2.34. The topological polar surface area (TPSA) is 32.3 Å². The Labute approximate surface area is 139 Å². The van der Waals surface area contributed by atoms with E-state index in [-0.39, 0.29) is 5.91 Å². The van der Waals surface area contributed by atoms with Crippen LogP contribution in [0.15, 0.2) is 35.7 Å². The molecule has 1 N–H and O–H groups in total. The number of nitrogens with zero attached hydrogens (tertiary/aromatic N) is 1. The third-order valence-corrected chi connectivity index (χ3v) is 5.26. The minimum atomic E-state index is 0.0221. The van der Waals surface area contributed by atoms with Gasteiger partial charge < -0.3 is 5.32 Å². The molecular formula is C17H19ClN2OS. The molecule has 1 aromatic heterocycles. The molecule has 22 heavy (non-hydrogen) atoms. The Hall–Kier alpha value is -1.36. The Morgan fingerprint density at radius 3 is 3.09 bits per heavy atom. The van der Waals surface area contributed by atoms with Crippen molar-refractivity contribution in [1.82, 2.24) is 4.90 Å². The van der Waals surface area contributed by atoms with Gasteiger partial charge in [-0.2, -0.15) is 0 Å². The molecule has 1 aromatic carbocycles. The quantitative estimate of drug-likeness (QED) is 0.893. The van der Waals surface area contributed by atoms with E-state index in [1.54, 1.807) is 17.4 Å². The maximum Gasteiger partial charge on any atom is 0.238 e. The van der Waals surface area contributed by atoms with Crippen molar-refractivity contribution in [3.8, 4) is 0 Å². The van der Waals surface area contributed by atoms with Gasteiger partial charge in [0.05, 0.1) is 6.54 Å². The lowest BCUT2D eigenvalue weighted by molar-refractivity contribution is -0.117. The van der Waals surface area contributed by atoms with E-state index in [1.807, 2.05) is 19.1 Å². The first-order valence-corrected chi connectivity index (χ1v) is 8.73. The Bertz CT molecular complexity index is 657. The first-order chi connectivity index (χ1) is 10.6. The van der Waals surface area contributed by atoms with E-state index in [9.17, 15) is 4.79 Å². The fourth-order valence-electron chi connectivity index (χ4n) is 2.92. The van der Waals surface area contributed by atoms with Gasteiger partial charge in [0, 0.05) is 21.6 Å². The first-order valence-electron chi connectivity index (χ1n) is 7.47. The summed E-state index contributed by atoms with van der Waals surface area (Å²) in [6.07, 6.45) is 2.27. The summed E-state index contributed by atoms with van der Waals surface area (Å²) in [7, 11) is 0. The highest BCUT2D eigenvalue weighted by atomic mass is 35.5. The number of rotatable bonds is 4. The van der Waals surface area contributed by atoms with Crippen LogP contribution < -0.4 is 5.32 Å². The number of halogens is 1. The summed E-state index contributed by atoms with van der Waals surface area (Å²) < 4.78 is 0. The van der Waals surface area contributed by atoms with E-state index in [2.05, 4.69) is 27.7 Å². The minimum absolute atomic E-state index is 0.0221. The number of nitrogens with one attached hydrogen (secondary N) is 1. The number of anilines is 1. The van der Waals surface area contributed by atoms with Gasteiger partial charge in [0.1, 0.15) is 0 Å². The summed E-state index contributed by atoms with van der Waals surface area (Å²) in [5.41, 5.74) is 1.82. The molecule has 0 saturated carbocycles. The molecule has 1 atom stereocenters. The van der Waals surface area contributed by atoms with Gasteiger partial charge in [-0.25, -0.2) is 0 Å². The van der Waals surface area contributed by atoms with E-state index < -0.39 is 0 Å². The molecule has 0 bridgehead atoms. The molecule has 5 heteroatoms. The number of carbonyl (C=O) groups excluding carboxylic acids is 1. The van der Waals surface area contributed by atoms with E-state index in [0.29, 0.717) is 17.6 Å². The molecule has 3 rings (SSSR count). The monoisotopic (exact) mass is 334 g/mol. The van der Waals surface area contributed by atoms with E-state index in [0.717, 1.165) is 30.6 Å². The van der Waals surface area contributed by atoms with Gasteiger partial charge in [-0.15, -0.1) is 11.3 Å². The predicted octanol–water partition coefficient (Wildman–Crippen LogP) is 4.49. The molecule has 0 unspecified atom stereocenters. The van der Waals surface area contributed by atoms with Crippen molar-refractivity contribution in [3.05, 3.63) is 51.2 Å². The standard InChI is InChI=1S/C17H19ClN2OS/c1-12-6-7-13(18)10-14(12)19-17(21)11-20-8-2-4-15(20)16-5-3-9-22-16/h3,5-7,9-10,15H,2,4,8,11H2,1H3,(H,19,21)/t15-/m1/s1. The normalized spacial score (nSPS) is 18.5. The summed E-state index contributed by atoms with van der Waals surface area (Å²) >= 11 is 7.77. The van der Waals surface area contributed by atoms with Gasteiger partial charge in [-0.05, 0) is 55.5 Å². The second-order valence-corrected chi connectivity index (χ2v) is 7.07. The number of hydrogen-bond donors (Lipinski definition) is 1. The number of benzene rings is 1. The van der Waals surface area contributed by atoms with Crippen molar-refractivity contribution in [3.63, 3.8) is 0 Å². The molecular weight excluding hydrogens is 316 g/mol. The SMILES string of the molecule is Cc1ccc(Cl)cc1NC(=O)CN1CCC[C@@H]1c1cccs1. The van der Waals surface area contributed by atoms with Crippen LogP contribution in [-0.4, -0.2) is 23.9 Å². The van der Waals surface area contributed by atoms with Crippen LogP contribution in [0.2, 0.25) is 5.02 Å². The van der Waals surface area contributed by atoms with Crippen LogP contribution in [0, 0.1) is 6.92 Å². The van der Waals surface area contributed by atoms with Gasteiger partial charge in [0.25, 0.3) is 0 Å². The minimum Gasteiger partial charge on any atom is -0.325 e. The second kappa shape index (κ2) is 6.82. The van der Waals surface area contributed by atoms with Crippen molar-refractivity contribution in [2.75, 3.05) is 18.4 Å². The van der Waals surface area contributed by atoms with Gasteiger partial charge in [-0.1, -0.05) is 23.7 Å². The molecule has 1 aliphatic heterocycles. The molecule has 2 heterocycles. The van der Waals surface area contributed by atoms with Crippen molar-refractivity contribution in [2.24, 2.45) is 0 Å². The third-order valence-electron chi connectivity index (χ3n) is 4.06. The lowest BCUT2D eigenvalue weighted by Gasteiger charge is -2.23. The average molecular weight is 335 g/mol. The Morgan fingerprint density at radius 1 is 1.45 bits per heavy atom. The van der Waals surface area contributed by atoms with Gasteiger partial charge >= 0.3 is 0 Å². The zero-order chi connectivity index (χ0) is 15.5. The summed E-state index contributed by atoms with van der Waals surface area (Å²) in [5, 5.41) is 5.72. The van der Waals surface area contributed by atoms with Crippen molar-refractivity contribution < 1.29 is 4.79 Å². The maximum atomic E-state index is 12.4. The van der Waals surface area contributed by atoms with Crippen LogP contribution in [0.5, 0.6) is 0 Å². The fraction of sp³-hybridized carbons (Fsp3) is 0.353. The molecule has 1 aliphatic rings. The summed E-state index contributed by atoms with van der Waals surface area (Å²) in [4.78, 5) is 16.0. The third kappa shape index (κ3) is 3.51. The van der Waals surface area contributed by atoms with Crippen LogP contribution >= 0.6 is 22.9 Å². The number of aryl methyl sites for hydroxylation is 1. The lowest BCUT2D eigenvalue weighted by atomic mass is 10.2. The second-order valence-electron chi connectivity index (χ2n) is 5.65. The number of thiophene rings is 1. The van der Waals surface area contributed by atoms with E-state index >= 15 is 0 Å². The lowest BCUT2D eigenvalue weighted by Crippen LogP contribution is -2.32. The molecule has 116 valence electrons.